The number of sulfonamides is 1. The minimum absolute atomic E-state index is 0.278. The number of pyridine rings is 2. The number of benzene rings is 2. The maximum absolute atomic E-state index is 13.7. The molecule has 10 nitrogen and oxygen atoms in total. The molecule has 0 saturated heterocycles. The highest BCUT2D eigenvalue weighted by Crippen LogP contribution is 2.42. The lowest BCUT2D eigenvalue weighted by Crippen LogP contribution is -2.25. The molecule has 6 aromatic rings. The number of aromatic nitrogens is 3. The molecule has 4 heterocycles. The first-order chi connectivity index (χ1) is 20.2. The van der Waals surface area contributed by atoms with Crippen molar-refractivity contribution in [2.24, 2.45) is 0 Å². The van der Waals surface area contributed by atoms with Gasteiger partial charge in [0.25, 0.3) is 0 Å². The molecule has 0 amide bonds. The van der Waals surface area contributed by atoms with Crippen molar-refractivity contribution in [1.82, 2.24) is 20.3 Å². The summed E-state index contributed by atoms with van der Waals surface area (Å²) in [4.78, 5) is 13.4. The molecule has 12 heteroatoms. The molecule has 6 rings (SSSR count). The van der Waals surface area contributed by atoms with Gasteiger partial charge in [-0.05, 0) is 55.6 Å². The van der Waals surface area contributed by atoms with E-state index in [-0.39, 0.29) is 11.7 Å². The third-order valence-electron chi connectivity index (χ3n) is 6.90. The lowest BCUT2D eigenvalue weighted by Gasteiger charge is -2.20. The number of oxazole rings is 1. The van der Waals surface area contributed by atoms with Crippen LogP contribution in [0.3, 0.4) is 0 Å². The van der Waals surface area contributed by atoms with E-state index in [1.807, 2.05) is 13.1 Å². The molecule has 0 unspecified atom stereocenters. The van der Waals surface area contributed by atoms with Crippen molar-refractivity contribution >= 4 is 37.9 Å². The highest BCUT2D eigenvalue weighted by molar-refractivity contribution is 7.92. The van der Waals surface area contributed by atoms with E-state index < -0.39 is 10.0 Å². The molecular formula is C30H26FN5O5S. The Balaban J connectivity index is 1.62. The molecule has 1 N–H and O–H groups in total. The monoisotopic (exact) mass is 587 g/mol. The normalized spacial score (nSPS) is 11.8. The van der Waals surface area contributed by atoms with Gasteiger partial charge in [-0.25, -0.2) is 22.8 Å². The van der Waals surface area contributed by atoms with Crippen molar-refractivity contribution in [2.75, 3.05) is 31.8 Å². The summed E-state index contributed by atoms with van der Waals surface area (Å²) in [6.07, 6.45) is 2.75. The predicted molar refractivity (Wildman–Crippen MR) is 158 cm³/mol. The number of hydrogen-bond acceptors (Lipinski definition) is 9. The fourth-order valence-electron chi connectivity index (χ4n) is 4.78. The fourth-order valence-corrected chi connectivity index (χ4v) is 5.29. The Morgan fingerprint density at radius 1 is 1.00 bits per heavy atom. The lowest BCUT2D eigenvalue weighted by molar-refractivity contribution is 0.398. The van der Waals surface area contributed by atoms with Gasteiger partial charge in [-0.3, -0.25) is 4.31 Å². The number of rotatable bonds is 8. The first-order valence-corrected chi connectivity index (χ1v) is 14.7. The largest absolute Gasteiger partial charge is 0.481 e. The molecule has 0 aliphatic rings. The average Bonchev–Trinajstić information content (AvgIpc) is 3.57. The van der Waals surface area contributed by atoms with E-state index in [1.54, 1.807) is 48.7 Å². The van der Waals surface area contributed by atoms with Crippen molar-refractivity contribution < 1.29 is 26.4 Å². The first-order valence-electron chi connectivity index (χ1n) is 12.9. The van der Waals surface area contributed by atoms with E-state index >= 15 is 0 Å². The van der Waals surface area contributed by atoms with Gasteiger partial charge in [0.05, 0.1) is 24.7 Å². The zero-order chi connectivity index (χ0) is 29.6. The number of nitrogens with one attached hydrogen (secondary N) is 1. The Labute approximate surface area is 240 Å². The van der Waals surface area contributed by atoms with E-state index in [0.717, 1.165) is 17.2 Å². The summed E-state index contributed by atoms with van der Waals surface area (Å²) in [5.74, 6) is 0.768. The van der Waals surface area contributed by atoms with Crippen LogP contribution >= 0.6 is 0 Å². The summed E-state index contributed by atoms with van der Waals surface area (Å²) in [5, 5.41) is 3.90. The van der Waals surface area contributed by atoms with E-state index in [0.29, 0.717) is 63.1 Å². The van der Waals surface area contributed by atoms with Gasteiger partial charge in [0, 0.05) is 59.6 Å². The molecule has 0 fully saturated rings. The number of nitrogens with zero attached hydrogens (tertiary/aromatic N) is 4. The Morgan fingerprint density at radius 2 is 1.79 bits per heavy atom. The topological polar surface area (TPSA) is 124 Å². The summed E-state index contributed by atoms with van der Waals surface area (Å²) < 4.78 is 58.1. The lowest BCUT2D eigenvalue weighted by atomic mass is 10.0. The number of furan rings is 1. The van der Waals surface area contributed by atoms with Crippen LogP contribution in [-0.2, 0) is 16.6 Å². The molecule has 214 valence electrons. The number of anilines is 1. The average molecular weight is 588 g/mol. The standard InChI is InChI=1S/C30H26FN5O5S/c1-32-16-22-20-14-21(23-12-18(13-27(34-23)39-3)30-35-29-25(41-30)6-5-11-33-29)24(36(2)42(4,37)38)15-26(20)40-28(22)17-7-9-19(31)10-8-17/h5-15,32H,16H2,1-4H3. The van der Waals surface area contributed by atoms with Crippen molar-refractivity contribution in [1.29, 1.82) is 0 Å². The van der Waals surface area contributed by atoms with Crippen LogP contribution in [0.1, 0.15) is 5.56 Å². The number of hydrogen-bond donors (Lipinski definition) is 1. The minimum Gasteiger partial charge on any atom is -0.481 e. The third-order valence-corrected chi connectivity index (χ3v) is 8.10. The number of fused-ring (bicyclic) bond motifs is 2. The van der Waals surface area contributed by atoms with E-state index in [1.165, 1.54) is 30.6 Å². The molecule has 0 atom stereocenters. The highest BCUT2D eigenvalue weighted by atomic mass is 32.2. The van der Waals surface area contributed by atoms with Crippen LogP contribution in [-0.4, -0.2) is 50.8 Å². The zero-order valence-electron chi connectivity index (χ0n) is 23.2. The second-order valence-electron chi connectivity index (χ2n) is 9.67. The SMILES string of the molecule is CNCc1c(-c2ccc(F)cc2)oc2cc(N(C)S(C)(=O)=O)c(-c3cc(-c4nc5ncccc5o4)cc(OC)n3)cc12. The Morgan fingerprint density at radius 3 is 2.48 bits per heavy atom. The van der Waals surface area contributed by atoms with Crippen LogP contribution in [0.2, 0.25) is 0 Å². The Kier molecular flexibility index (Phi) is 6.87. The van der Waals surface area contributed by atoms with Gasteiger partial charge >= 0.3 is 0 Å². The van der Waals surface area contributed by atoms with Crippen LogP contribution in [0.25, 0.3) is 56.2 Å². The minimum atomic E-state index is -3.68. The molecular weight excluding hydrogens is 561 g/mol. The maximum Gasteiger partial charge on any atom is 0.232 e. The predicted octanol–water partition coefficient (Wildman–Crippen LogP) is 5.63. The second kappa shape index (κ2) is 10.5. The molecule has 0 radical (unpaired) electrons. The van der Waals surface area contributed by atoms with Crippen LogP contribution in [0, 0.1) is 5.82 Å². The molecule has 2 aromatic carbocycles. The maximum atomic E-state index is 13.7. The van der Waals surface area contributed by atoms with E-state index in [2.05, 4.69) is 20.3 Å². The quantitative estimate of drug-likeness (QED) is 0.241. The van der Waals surface area contributed by atoms with Crippen molar-refractivity contribution in [3.63, 3.8) is 0 Å². The van der Waals surface area contributed by atoms with Gasteiger partial charge in [-0.15, -0.1) is 0 Å². The van der Waals surface area contributed by atoms with Crippen LogP contribution in [0.5, 0.6) is 5.88 Å². The molecule has 42 heavy (non-hydrogen) atoms. The Bertz CT molecular complexity index is 2020. The van der Waals surface area contributed by atoms with E-state index in [4.69, 9.17) is 13.6 Å². The number of ether oxygens (including phenoxy) is 1. The number of methoxy groups -OCH3 is 1. The zero-order valence-corrected chi connectivity index (χ0v) is 24.0. The fraction of sp³-hybridized carbons (Fsp3) is 0.167. The molecule has 0 spiro atoms. The summed E-state index contributed by atoms with van der Waals surface area (Å²) in [7, 11) is 1.09. The van der Waals surface area contributed by atoms with Crippen LogP contribution < -0.4 is 14.4 Å². The van der Waals surface area contributed by atoms with Gasteiger partial charge < -0.3 is 18.9 Å². The second-order valence-corrected chi connectivity index (χ2v) is 11.7. The summed E-state index contributed by atoms with van der Waals surface area (Å²) in [6, 6.07) is 16.5. The van der Waals surface area contributed by atoms with E-state index in [9.17, 15) is 12.8 Å². The van der Waals surface area contributed by atoms with Gasteiger partial charge in [0.1, 0.15) is 17.2 Å². The smallest absolute Gasteiger partial charge is 0.232 e. The van der Waals surface area contributed by atoms with Gasteiger partial charge in [0.2, 0.25) is 21.8 Å². The summed E-state index contributed by atoms with van der Waals surface area (Å²) in [5.41, 5.74) is 4.77. The van der Waals surface area contributed by atoms with Crippen LogP contribution in [0.4, 0.5) is 10.1 Å². The van der Waals surface area contributed by atoms with Gasteiger partial charge in [0.15, 0.2) is 11.2 Å². The molecule has 0 aliphatic heterocycles. The van der Waals surface area contributed by atoms with Crippen molar-refractivity contribution in [3.05, 3.63) is 78.2 Å². The summed E-state index contributed by atoms with van der Waals surface area (Å²) >= 11 is 0. The number of halogens is 1. The molecule has 0 saturated carbocycles. The third kappa shape index (κ3) is 4.95. The highest BCUT2D eigenvalue weighted by Gasteiger charge is 2.24. The Hall–Kier alpha value is -4.81. The molecule has 0 aliphatic carbocycles. The summed E-state index contributed by atoms with van der Waals surface area (Å²) in [6.45, 7) is 0.438. The van der Waals surface area contributed by atoms with Crippen LogP contribution in [0.15, 0.2) is 75.7 Å². The van der Waals surface area contributed by atoms with Gasteiger partial charge in [-0.1, -0.05) is 0 Å². The van der Waals surface area contributed by atoms with Crippen molar-refractivity contribution in [3.8, 4) is 39.9 Å². The van der Waals surface area contributed by atoms with Gasteiger partial charge in [-0.2, -0.15) is 4.98 Å². The van der Waals surface area contributed by atoms with Crippen molar-refractivity contribution in [2.45, 2.75) is 6.54 Å². The molecule has 4 aromatic heterocycles. The molecule has 0 bridgehead atoms. The first kappa shape index (κ1) is 27.4.